The molecule has 1 unspecified atom stereocenters. The molecule has 4 nitrogen and oxygen atoms in total. The van der Waals surface area contributed by atoms with Gasteiger partial charge in [0, 0.05) is 14.3 Å². The van der Waals surface area contributed by atoms with Gasteiger partial charge in [0.15, 0.2) is 5.17 Å². The molecular formula is C8H8N2O2S2. The molecule has 1 aliphatic heterocycles. The minimum absolute atomic E-state index is 0.183. The summed E-state index contributed by atoms with van der Waals surface area (Å²) >= 11 is 0. The van der Waals surface area contributed by atoms with E-state index in [1.165, 1.54) is 0 Å². The number of hydrogen-bond donors (Lipinski definition) is 1. The van der Waals surface area contributed by atoms with Crippen LogP contribution in [0.1, 0.15) is 5.56 Å². The van der Waals surface area contributed by atoms with Gasteiger partial charge in [-0.25, -0.2) is 4.99 Å². The molecule has 1 atom stereocenters. The molecule has 0 saturated heterocycles. The molecule has 0 saturated carbocycles. The van der Waals surface area contributed by atoms with Gasteiger partial charge in [0.25, 0.3) is 9.26 Å². The fourth-order valence-corrected chi connectivity index (χ4v) is 3.98. The molecule has 74 valence electrons. The summed E-state index contributed by atoms with van der Waals surface area (Å²) in [7, 11) is -3.28. The number of rotatable bonds is 0. The van der Waals surface area contributed by atoms with Crippen LogP contribution in [0.2, 0.25) is 0 Å². The second-order valence-corrected chi connectivity index (χ2v) is 6.46. The van der Waals surface area contributed by atoms with Gasteiger partial charge < -0.3 is 5.73 Å². The summed E-state index contributed by atoms with van der Waals surface area (Å²) in [5.74, 6) is 0. The van der Waals surface area contributed by atoms with Crippen LogP contribution < -0.4 is 5.73 Å². The Morgan fingerprint density at radius 2 is 2.14 bits per heavy atom. The fourth-order valence-electron chi connectivity index (χ4n) is 1.33. The molecule has 2 rings (SSSR count). The van der Waals surface area contributed by atoms with E-state index in [4.69, 9.17) is 5.73 Å². The summed E-state index contributed by atoms with van der Waals surface area (Å²) in [5, 5.41) is 0.183. The van der Waals surface area contributed by atoms with E-state index < -0.39 is 18.7 Å². The van der Waals surface area contributed by atoms with Crippen molar-refractivity contribution in [2.24, 2.45) is 10.7 Å². The predicted molar refractivity (Wildman–Crippen MR) is 57.0 cm³/mol. The van der Waals surface area contributed by atoms with Crippen molar-refractivity contribution < 1.29 is 8.42 Å². The van der Waals surface area contributed by atoms with Crippen molar-refractivity contribution in [3.8, 4) is 0 Å². The van der Waals surface area contributed by atoms with Crippen LogP contribution in [0.15, 0.2) is 28.1 Å². The Bertz CT molecular complexity index is 565. The second kappa shape index (κ2) is 3.21. The molecule has 1 heterocycles. The molecule has 0 bridgehead atoms. The highest BCUT2D eigenvalue weighted by molar-refractivity contribution is 8.41. The minimum atomic E-state index is -2.22. The summed E-state index contributed by atoms with van der Waals surface area (Å²) in [6, 6.07) is 5.45. The molecule has 2 N–H and O–H groups in total. The summed E-state index contributed by atoms with van der Waals surface area (Å²) in [5.41, 5.74) is 7.22. The lowest BCUT2D eigenvalue weighted by Gasteiger charge is -1.98. The average molecular weight is 228 g/mol. The van der Waals surface area contributed by atoms with E-state index in [0.29, 0.717) is 10.6 Å². The van der Waals surface area contributed by atoms with Gasteiger partial charge in [0.05, 0.1) is 5.69 Å². The molecule has 6 heteroatoms. The molecule has 0 aliphatic carbocycles. The van der Waals surface area contributed by atoms with Crippen molar-refractivity contribution in [2.45, 2.75) is 11.8 Å². The Morgan fingerprint density at radius 1 is 1.43 bits per heavy atom. The van der Waals surface area contributed by atoms with E-state index in [1.54, 1.807) is 6.07 Å². The number of benzene rings is 1. The topological polar surface area (TPSA) is 72.5 Å². The normalized spacial score (nSPS) is 18.9. The number of nitrogens with zero attached hydrogens (tertiary/aromatic N) is 1. The van der Waals surface area contributed by atoms with Gasteiger partial charge in [-0.2, -0.15) is 8.42 Å². The van der Waals surface area contributed by atoms with Crippen molar-refractivity contribution in [2.75, 3.05) is 0 Å². The molecule has 1 aliphatic rings. The third-order valence-corrected chi connectivity index (χ3v) is 5.29. The first-order chi connectivity index (χ1) is 6.61. The number of amidine groups is 1. The SMILES string of the molecule is Cc1cccc2c1N=C(N)S2=S(=O)=O. The van der Waals surface area contributed by atoms with Crippen molar-refractivity contribution in [1.82, 2.24) is 0 Å². The van der Waals surface area contributed by atoms with E-state index in [2.05, 4.69) is 4.99 Å². The van der Waals surface area contributed by atoms with Crippen molar-refractivity contribution in [3.63, 3.8) is 0 Å². The van der Waals surface area contributed by atoms with Crippen molar-refractivity contribution in [3.05, 3.63) is 23.8 Å². The minimum Gasteiger partial charge on any atom is -0.378 e. The fraction of sp³-hybridized carbons (Fsp3) is 0.125. The zero-order valence-corrected chi connectivity index (χ0v) is 9.02. The third kappa shape index (κ3) is 1.27. The van der Waals surface area contributed by atoms with Gasteiger partial charge in [0.2, 0.25) is 0 Å². The maximum Gasteiger partial charge on any atom is 0.252 e. The Hall–Kier alpha value is -1.14. The quantitative estimate of drug-likeness (QED) is 0.711. The van der Waals surface area contributed by atoms with E-state index in [0.717, 1.165) is 5.56 Å². The van der Waals surface area contributed by atoms with Crippen LogP contribution in [0.4, 0.5) is 5.69 Å². The molecule has 14 heavy (non-hydrogen) atoms. The number of aryl methyl sites for hydroxylation is 1. The Morgan fingerprint density at radius 3 is 2.79 bits per heavy atom. The third-order valence-electron chi connectivity index (χ3n) is 1.95. The monoisotopic (exact) mass is 228 g/mol. The van der Waals surface area contributed by atoms with E-state index >= 15 is 0 Å². The molecule has 1 aromatic rings. The van der Waals surface area contributed by atoms with E-state index in [1.807, 2.05) is 19.1 Å². The maximum absolute atomic E-state index is 10.9. The smallest absolute Gasteiger partial charge is 0.252 e. The van der Waals surface area contributed by atoms with Crippen molar-refractivity contribution >= 4 is 29.6 Å². The van der Waals surface area contributed by atoms with Crippen LogP contribution in [-0.4, -0.2) is 13.6 Å². The van der Waals surface area contributed by atoms with Crippen LogP contribution in [0, 0.1) is 6.92 Å². The van der Waals surface area contributed by atoms with Crippen molar-refractivity contribution in [1.29, 1.82) is 0 Å². The standard InChI is InChI=1S/C8H8N2O2S2/c1-5-3-2-4-6-7(5)10-8(9)13(6)14(11)12/h2-4H,1H3,(H2,9,10). The summed E-state index contributed by atoms with van der Waals surface area (Å²) < 4.78 is 21.9. The first-order valence-corrected chi connectivity index (χ1v) is 6.70. The number of nitrogens with two attached hydrogens (primary N) is 1. The number of hydrogen-bond acceptors (Lipinski definition) is 4. The number of para-hydroxylation sites is 1. The Labute approximate surface area is 84.6 Å². The number of aliphatic imine (C=N–C) groups is 1. The molecule has 0 spiro atoms. The van der Waals surface area contributed by atoms with Crippen LogP contribution in [0.25, 0.3) is 0 Å². The highest BCUT2D eigenvalue weighted by Crippen LogP contribution is 2.32. The molecule has 0 amide bonds. The lowest BCUT2D eigenvalue weighted by atomic mass is 10.2. The molecule has 0 fully saturated rings. The molecular weight excluding hydrogens is 220 g/mol. The van der Waals surface area contributed by atoms with Crippen LogP contribution in [0.5, 0.6) is 0 Å². The highest BCUT2D eigenvalue weighted by atomic mass is 32.9. The Kier molecular flexibility index (Phi) is 2.16. The first kappa shape index (κ1) is 9.42. The van der Waals surface area contributed by atoms with Crippen LogP contribution >= 0.6 is 0 Å². The molecule has 0 aromatic heterocycles. The zero-order valence-electron chi connectivity index (χ0n) is 7.39. The highest BCUT2D eigenvalue weighted by Gasteiger charge is 2.21. The Balaban J connectivity index is 2.88. The molecule has 0 radical (unpaired) electrons. The van der Waals surface area contributed by atoms with Gasteiger partial charge in [-0.3, -0.25) is 0 Å². The second-order valence-electron chi connectivity index (χ2n) is 2.84. The first-order valence-electron chi connectivity index (χ1n) is 3.89. The van der Waals surface area contributed by atoms with Gasteiger partial charge in [-0.15, -0.1) is 0 Å². The number of fused-ring (bicyclic) bond motifs is 1. The van der Waals surface area contributed by atoms with Gasteiger partial charge >= 0.3 is 0 Å². The van der Waals surface area contributed by atoms with E-state index in [9.17, 15) is 8.42 Å². The summed E-state index contributed by atoms with van der Waals surface area (Å²) in [6.45, 7) is 1.89. The van der Waals surface area contributed by atoms with Crippen LogP contribution in [0.3, 0.4) is 0 Å². The maximum atomic E-state index is 10.9. The largest absolute Gasteiger partial charge is 0.378 e. The predicted octanol–water partition coefficient (Wildman–Crippen LogP) is 0.726. The summed E-state index contributed by atoms with van der Waals surface area (Å²) in [4.78, 5) is 4.77. The van der Waals surface area contributed by atoms with Gasteiger partial charge in [0.1, 0.15) is 0 Å². The lowest BCUT2D eigenvalue weighted by Crippen LogP contribution is -2.14. The zero-order chi connectivity index (χ0) is 10.3. The molecule has 1 aromatic carbocycles. The van der Waals surface area contributed by atoms with E-state index in [-0.39, 0.29) is 5.17 Å². The summed E-state index contributed by atoms with van der Waals surface area (Å²) in [6.07, 6.45) is 0. The van der Waals surface area contributed by atoms with Crippen LogP contribution in [-0.2, 0) is 18.7 Å². The van der Waals surface area contributed by atoms with Gasteiger partial charge in [-0.1, -0.05) is 12.1 Å². The lowest BCUT2D eigenvalue weighted by molar-refractivity contribution is 0.628. The van der Waals surface area contributed by atoms with Gasteiger partial charge in [-0.05, 0) is 18.6 Å². The average Bonchev–Trinajstić information content (AvgIpc) is 2.42.